The first-order valence-electron chi connectivity index (χ1n) is 10.2. The Kier molecular flexibility index (Phi) is 5.90. The first-order valence-corrected chi connectivity index (χ1v) is 11.0. The van der Waals surface area contributed by atoms with Gasteiger partial charge >= 0.3 is 0 Å². The van der Waals surface area contributed by atoms with Crippen LogP contribution in [0, 0.1) is 11.8 Å². The van der Waals surface area contributed by atoms with Crippen LogP contribution in [0.1, 0.15) is 37.8 Å². The number of para-hydroxylation sites is 1. The number of amides is 3. The number of anilines is 2. The van der Waals surface area contributed by atoms with Crippen molar-refractivity contribution < 1.29 is 14.4 Å². The molecule has 0 bridgehead atoms. The van der Waals surface area contributed by atoms with Crippen molar-refractivity contribution in [3.05, 3.63) is 58.6 Å². The summed E-state index contributed by atoms with van der Waals surface area (Å²) in [6.45, 7) is 2.28. The van der Waals surface area contributed by atoms with Crippen molar-refractivity contribution in [2.45, 2.75) is 32.2 Å². The molecule has 0 radical (unpaired) electrons. The molecule has 1 saturated heterocycles. The monoisotopic (exact) mass is 469 g/mol. The first-order chi connectivity index (χ1) is 14.4. The van der Waals surface area contributed by atoms with E-state index in [0.29, 0.717) is 6.54 Å². The van der Waals surface area contributed by atoms with E-state index in [0.717, 1.165) is 34.3 Å². The summed E-state index contributed by atoms with van der Waals surface area (Å²) in [5.74, 6) is -0.330. The highest BCUT2D eigenvalue weighted by Crippen LogP contribution is 2.32. The molecule has 2 aromatic carbocycles. The zero-order chi connectivity index (χ0) is 21.3. The maximum atomic E-state index is 12.8. The van der Waals surface area contributed by atoms with Crippen LogP contribution >= 0.6 is 15.9 Å². The summed E-state index contributed by atoms with van der Waals surface area (Å²) in [6, 6.07) is 14.8. The summed E-state index contributed by atoms with van der Waals surface area (Å²) in [5.41, 5.74) is 2.49. The van der Waals surface area contributed by atoms with E-state index in [2.05, 4.69) is 26.6 Å². The number of nitrogens with one attached hydrogen (secondary N) is 2. The van der Waals surface area contributed by atoms with Crippen molar-refractivity contribution in [2.75, 3.05) is 16.8 Å². The molecule has 2 unspecified atom stereocenters. The largest absolute Gasteiger partial charge is 0.349 e. The second kappa shape index (κ2) is 8.60. The van der Waals surface area contributed by atoms with Crippen LogP contribution < -0.4 is 15.5 Å². The van der Waals surface area contributed by atoms with E-state index in [1.165, 1.54) is 0 Å². The average Bonchev–Trinajstić information content (AvgIpc) is 3.51. The van der Waals surface area contributed by atoms with Crippen LogP contribution in [0.5, 0.6) is 0 Å². The van der Waals surface area contributed by atoms with Crippen molar-refractivity contribution in [3.63, 3.8) is 0 Å². The maximum Gasteiger partial charge on any atom is 0.227 e. The summed E-state index contributed by atoms with van der Waals surface area (Å²) < 4.78 is 0.835. The maximum absolute atomic E-state index is 12.8. The van der Waals surface area contributed by atoms with Crippen molar-refractivity contribution in [1.29, 1.82) is 0 Å². The van der Waals surface area contributed by atoms with Crippen molar-refractivity contribution in [1.82, 2.24) is 5.32 Å². The van der Waals surface area contributed by atoms with Crippen LogP contribution in [0.15, 0.2) is 53.0 Å². The summed E-state index contributed by atoms with van der Waals surface area (Å²) in [5, 5.41) is 5.93. The van der Waals surface area contributed by atoms with Gasteiger partial charge < -0.3 is 15.5 Å². The van der Waals surface area contributed by atoms with E-state index in [1.807, 2.05) is 55.5 Å². The third kappa shape index (κ3) is 4.56. The molecule has 0 spiro atoms. The van der Waals surface area contributed by atoms with Gasteiger partial charge in [-0.05, 0) is 65.5 Å². The highest BCUT2D eigenvalue weighted by atomic mass is 79.9. The van der Waals surface area contributed by atoms with E-state index in [-0.39, 0.29) is 42.0 Å². The van der Waals surface area contributed by atoms with E-state index >= 15 is 0 Å². The zero-order valence-corrected chi connectivity index (χ0v) is 18.3. The Labute approximate surface area is 184 Å². The molecular weight excluding hydrogens is 446 g/mol. The van der Waals surface area contributed by atoms with E-state index < -0.39 is 0 Å². The molecular formula is C23H24BrN3O3. The smallest absolute Gasteiger partial charge is 0.227 e. The van der Waals surface area contributed by atoms with Crippen LogP contribution in [-0.4, -0.2) is 24.3 Å². The van der Waals surface area contributed by atoms with Crippen molar-refractivity contribution in [2.24, 2.45) is 11.8 Å². The number of nitrogens with zero attached hydrogens (tertiary/aromatic N) is 1. The molecule has 1 aliphatic heterocycles. The van der Waals surface area contributed by atoms with Gasteiger partial charge in [-0.1, -0.05) is 24.3 Å². The minimum atomic E-state index is -0.385. The third-order valence-corrected chi connectivity index (χ3v) is 6.29. The predicted molar refractivity (Wildman–Crippen MR) is 119 cm³/mol. The molecule has 2 atom stereocenters. The lowest BCUT2D eigenvalue weighted by atomic mass is 10.0. The van der Waals surface area contributed by atoms with Gasteiger partial charge in [-0.2, -0.15) is 0 Å². The molecule has 156 valence electrons. The number of halogens is 1. The molecule has 6 nitrogen and oxygen atoms in total. The summed E-state index contributed by atoms with van der Waals surface area (Å²) >= 11 is 3.47. The highest BCUT2D eigenvalue weighted by Gasteiger charge is 2.36. The van der Waals surface area contributed by atoms with Gasteiger partial charge in [-0.3, -0.25) is 14.4 Å². The highest BCUT2D eigenvalue weighted by molar-refractivity contribution is 9.10. The second-order valence-electron chi connectivity index (χ2n) is 7.97. The lowest BCUT2D eigenvalue weighted by Crippen LogP contribution is -2.34. The molecule has 1 saturated carbocycles. The lowest BCUT2D eigenvalue weighted by Gasteiger charge is -2.20. The van der Waals surface area contributed by atoms with Gasteiger partial charge in [0.2, 0.25) is 17.7 Å². The molecule has 1 aliphatic carbocycles. The Bertz CT molecular complexity index is 972. The standard InChI is InChI=1S/C23H24BrN3O3/c1-14(15-8-10-18(11-9-15)26-22(29)16-6-7-16)25-23(30)17-12-21(28)27(13-17)20-5-3-2-4-19(20)24/h2-5,8-11,14,16-17H,6-7,12-13H2,1H3,(H,25,30)(H,26,29). The van der Waals surface area contributed by atoms with Gasteiger partial charge in [0.25, 0.3) is 0 Å². The Morgan fingerprint density at radius 2 is 1.73 bits per heavy atom. The minimum absolute atomic E-state index is 0.0505. The predicted octanol–water partition coefficient (Wildman–Crippen LogP) is 4.03. The number of rotatable bonds is 6. The fourth-order valence-corrected chi connectivity index (χ4v) is 4.15. The van der Waals surface area contributed by atoms with Crippen LogP contribution in [0.25, 0.3) is 0 Å². The van der Waals surface area contributed by atoms with Gasteiger partial charge in [0.1, 0.15) is 0 Å². The van der Waals surface area contributed by atoms with Crippen molar-refractivity contribution in [3.8, 4) is 0 Å². The molecule has 2 N–H and O–H groups in total. The fraction of sp³-hybridized carbons (Fsp3) is 0.348. The van der Waals surface area contributed by atoms with E-state index in [9.17, 15) is 14.4 Å². The number of carbonyl (C=O) groups excluding carboxylic acids is 3. The number of benzene rings is 2. The van der Waals surface area contributed by atoms with Gasteiger partial charge in [0.05, 0.1) is 17.6 Å². The molecule has 2 fully saturated rings. The molecule has 2 aromatic rings. The lowest BCUT2D eigenvalue weighted by molar-refractivity contribution is -0.126. The van der Waals surface area contributed by atoms with Crippen LogP contribution in [0.4, 0.5) is 11.4 Å². The molecule has 7 heteroatoms. The van der Waals surface area contributed by atoms with Crippen LogP contribution in [0.3, 0.4) is 0 Å². The van der Waals surface area contributed by atoms with Crippen LogP contribution in [-0.2, 0) is 14.4 Å². The normalized spacial score (nSPS) is 19.5. The molecule has 0 aromatic heterocycles. The molecule has 2 aliphatic rings. The number of hydrogen-bond donors (Lipinski definition) is 2. The second-order valence-corrected chi connectivity index (χ2v) is 8.83. The average molecular weight is 470 g/mol. The van der Waals surface area contributed by atoms with Crippen LogP contribution in [0.2, 0.25) is 0 Å². The van der Waals surface area contributed by atoms with E-state index in [1.54, 1.807) is 4.90 Å². The molecule has 1 heterocycles. The Morgan fingerprint density at radius 1 is 1.03 bits per heavy atom. The number of carbonyl (C=O) groups is 3. The first kappa shape index (κ1) is 20.6. The Morgan fingerprint density at radius 3 is 2.40 bits per heavy atom. The topological polar surface area (TPSA) is 78.5 Å². The van der Waals surface area contributed by atoms with Gasteiger partial charge in [-0.15, -0.1) is 0 Å². The summed E-state index contributed by atoms with van der Waals surface area (Å²) in [7, 11) is 0. The van der Waals surface area contributed by atoms with Gasteiger partial charge in [-0.25, -0.2) is 0 Å². The number of hydrogen-bond acceptors (Lipinski definition) is 3. The zero-order valence-electron chi connectivity index (χ0n) is 16.7. The SMILES string of the molecule is CC(NC(=O)C1CC(=O)N(c2ccccc2Br)C1)c1ccc(NC(=O)C2CC2)cc1. The summed E-state index contributed by atoms with van der Waals surface area (Å²) in [4.78, 5) is 38.8. The summed E-state index contributed by atoms with van der Waals surface area (Å²) in [6.07, 6.45) is 2.14. The van der Waals surface area contributed by atoms with E-state index in [4.69, 9.17) is 0 Å². The Hall–Kier alpha value is -2.67. The van der Waals surface area contributed by atoms with Gasteiger partial charge in [0.15, 0.2) is 0 Å². The molecule has 3 amide bonds. The minimum Gasteiger partial charge on any atom is -0.349 e. The third-order valence-electron chi connectivity index (χ3n) is 5.62. The van der Waals surface area contributed by atoms with Gasteiger partial charge in [0, 0.05) is 29.0 Å². The molecule has 4 rings (SSSR count). The molecule has 30 heavy (non-hydrogen) atoms. The fourth-order valence-electron chi connectivity index (χ4n) is 3.65. The Balaban J connectivity index is 1.35. The van der Waals surface area contributed by atoms with Crippen molar-refractivity contribution >= 4 is 45.0 Å². The quantitative estimate of drug-likeness (QED) is 0.670.